The number of hydrogen-bond acceptors (Lipinski definition) is 4. The molecule has 1 atom stereocenters. The first-order valence-corrected chi connectivity index (χ1v) is 2.97. The Labute approximate surface area is 54.0 Å². The van der Waals surface area contributed by atoms with Crippen molar-refractivity contribution in [2.75, 3.05) is 0 Å². The summed E-state index contributed by atoms with van der Waals surface area (Å²) in [6.07, 6.45) is -0.762. The molecule has 52 valence electrons. The fraction of sp³-hybridized carbons (Fsp3) is 0.800. The van der Waals surface area contributed by atoms with Gasteiger partial charge >= 0.3 is 0 Å². The molecule has 9 heavy (non-hydrogen) atoms. The molecule has 0 bridgehead atoms. The zero-order chi connectivity index (χ0) is 6.85. The van der Waals surface area contributed by atoms with E-state index in [1.165, 1.54) is 0 Å². The van der Waals surface area contributed by atoms with Crippen LogP contribution in [-0.4, -0.2) is 17.3 Å². The van der Waals surface area contributed by atoms with Crippen LogP contribution in [0, 0.1) is 5.92 Å². The molecule has 0 fully saturated rings. The van der Waals surface area contributed by atoms with Gasteiger partial charge in [0.2, 0.25) is 6.35 Å². The predicted octanol–water partition coefficient (Wildman–Crippen LogP) is -0.575. The zero-order valence-electron chi connectivity index (χ0n) is 5.55. The molecule has 0 aromatic rings. The molecule has 1 unspecified atom stereocenters. The van der Waals surface area contributed by atoms with Crippen molar-refractivity contribution in [2.24, 2.45) is 10.9 Å². The molecule has 1 heterocycles. The van der Waals surface area contributed by atoms with Crippen LogP contribution in [0.1, 0.15) is 13.8 Å². The van der Waals surface area contributed by atoms with Crippen molar-refractivity contribution in [1.82, 2.24) is 10.9 Å². The lowest BCUT2D eigenvalue weighted by Gasteiger charge is -2.02. The number of amidine groups is 1. The van der Waals surface area contributed by atoms with E-state index in [9.17, 15) is 0 Å². The summed E-state index contributed by atoms with van der Waals surface area (Å²) < 4.78 is 0. The Balaban J connectivity index is 2.52. The summed E-state index contributed by atoms with van der Waals surface area (Å²) in [5, 5.41) is 8.79. The molecule has 1 aliphatic rings. The van der Waals surface area contributed by atoms with Crippen LogP contribution in [0.4, 0.5) is 0 Å². The molecule has 0 aromatic heterocycles. The van der Waals surface area contributed by atoms with Crippen molar-refractivity contribution in [3.8, 4) is 0 Å². The van der Waals surface area contributed by atoms with Crippen molar-refractivity contribution in [1.29, 1.82) is 0 Å². The van der Waals surface area contributed by atoms with E-state index in [2.05, 4.69) is 15.8 Å². The molecule has 0 spiro atoms. The number of hydrazine groups is 1. The lowest BCUT2D eigenvalue weighted by atomic mass is 10.2. The molecule has 0 aromatic carbocycles. The maximum atomic E-state index is 8.79. The van der Waals surface area contributed by atoms with Gasteiger partial charge in [0.25, 0.3) is 0 Å². The largest absolute Gasteiger partial charge is 0.358 e. The topological polar surface area (TPSA) is 56.7 Å². The second-order valence-electron chi connectivity index (χ2n) is 2.31. The monoisotopic (exact) mass is 129 g/mol. The molecule has 0 radical (unpaired) electrons. The SMILES string of the molecule is CC(C)C1=NC(O)NN1. The highest BCUT2D eigenvalue weighted by molar-refractivity contribution is 5.84. The van der Waals surface area contributed by atoms with Crippen LogP contribution in [0.2, 0.25) is 0 Å². The van der Waals surface area contributed by atoms with Gasteiger partial charge in [0, 0.05) is 5.92 Å². The third kappa shape index (κ3) is 1.40. The second-order valence-corrected chi connectivity index (χ2v) is 2.31. The van der Waals surface area contributed by atoms with Gasteiger partial charge in [-0.1, -0.05) is 13.8 Å². The summed E-state index contributed by atoms with van der Waals surface area (Å²) in [6.45, 7) is 4.01. The van der Waals surface area contributed by atoms with Gasteiger partial charge in [0.15, 0.2) is 0 Å². The van der Waals surface area contributed by atoms with Gasteiger partial charge in [-0.2, -0.15) is 5.43 Å². The fourth-order valence-electron chi connectivity index (χ4n) is 0.628. The third-order valence-corrected chi connectivity index (χ3v) is 1.14. The second kappa shape index (κ2) is 2.33. The van der Waals surface area contributed by atoms with E-state index >= 15 is 0 Å². The minimum atomic E-state index is -0.762. The van der Waals surface area contributed by atoms with E-state index in [1.807, 2.05) is 13.8 Å². The fourth-order valence-corrected chi connectivity index (χ4v) is 0.628. The summed E-state index contributed by atoms with van der Waals surface area (Å²) in [6, 6.07) is 0. The normalized spacial score (nSPS) is 26.2. The number of aliphatic hydroxyl groups is 1. The minimum Gasteiger partial charge on any atom is -0.358 e. The van der Waals surface area contributed by atoms with E-state index in [0.717, 1.165) is 5.84 Å². The first-order chi connectivity index (χ1) is 4.20. The van der Waals surface area contributed by atoms with Crippen LogP contribution in [0.15, 0.2) is 4.99 Å². The van der Waals surface area contributed by atoms with Crippen molar-refractivity contribution < 1.29 is 5.11 Å². The quantitative estimate of drug-likeness (QED) is 0.444. The Kier molecular flexibility index (Phi) is 1.68. The van der Waals surface area contributed by atoms with E-state index < -0.39 is 6.35 Å². The summed E-state index contributed by atoms with van der Waals surface area (Å²) in [7, 11) is 0. The first kappa shape index (κ1) is 6.51. The molecule has 1 aliphatic heterocycles. The van der Waals surface area contributed by atoms with Gasteiger partial charge < -0.3 is 10.5 Å². The molecular weight excluding hydrogens is 118 g/mol. The Morgan fingerprint density at radius 3 is 2.56 bits per heavy atom. The van der Waals surface area contributed by atoms with Crippen molar-refractivity contribution >= 4 is 5.84 Å². The molecule has 0 saturated heterocycles. The highest BCUT2D eigenvalue weighted by Gasteiger charge is 2.14. The van der Waals surface area contributed by atoms with Gasteiger partial charge in [-0.3, -0.25) is 0 Å². The van der Waals surface area contributed by atoms with Crippen LogP contribution < -0.4 is 10.9 Å². The summed E-state index contributed by atoms with van der Waals surface area (Å²) in [5.41, 5.74) is 5.31. The van der Waals surface area contributed by atoms with Crippen LogP contribution in [-0.2, 0) is 0 Å². The maximum Gasteiger partial charge on any atom is 0.220 e. The van der Waals surface area contributed by atoms with Crippen molar-refractivity contribution in [3.63, 3.8) is 0 Å². The van der Waals surface area contributed by atoms with Gasteiger partial charge in [-0.25, -0.2) is 4.99 Å². The number of hydrogen-bond donors (Lipinski definition) is 3. The number of nitrogens with one attached hydrogen (secondary N) is 2. The predicted molar refractivity (Wildman–Crippen MR) is 34.6 cm³/mol. The van der Waals surface area contributed by atoms with E-state index in [-0.39, 0.29) is 0 Å². The maximum absolute atomic E-state index is 8.79. The average molecular weight is 129 g/mol. The molecule has 4 heteroatoms. The average Bonchev–Trinajstić information content (AvgIpc) is 2.14. The zero-order valence-corrected chi connectivity index (χ0v) is 5.55. The van der Waals surface area contributed by atoms with E-state index in [0.29, 0.717) is 5.92 Å². The summed E-state index contributed by atoms with van der Waals surface area (Å²) >= 11 is 0. The van der Waals surface area contributed by atoms with Crippen LogP contribution in [0.25, 0.3) is 0 Å². The third-order valence-electron chi connectivity index (χ3n) is 1.14. The number of aliphatic hydroxyl groups excluding tert-OH is 1. The molecule has 0 amide bonds. The van der Waals surface area contributed by atoms with Crippen LogP contribution in [0.3, 0.4) is 0 Å². The lowest BCUT2D eigenvalue weighted by Crippen LogP contribution is -2.36. The highest BCUT2D eigenvalue weighted by Crippen LogP contribution is 1.98. The Morgan fingerprint density at radius 1 is 1.67 bits per heavy atom. The number of aliphatic imine (C=N–C) groups is 1. The Morgan fingerprint density at radius 2 is 2.33 bits per heavy atom. The molecule has 3 N–H and O–H groups in total. The lowest BCUT2D eigenvalue weighted by molar-refractivity contribution is 0.152. The van der Waals surface area contributed by atoms with E-state index in [1.54, 1.807) is 0 Å². The molecule has 0 saturated carbocycles. The molecule has 0 aliphatic carbocycles. The molecule has 1 rings (SSSR count). The Bertz CT molecular complexity index is 132. The molecule has 4 nitrogen and oxygen atoms in total. The summed E-state index contributed by atoms with van der Waals surface area (Å²) in [5.74, 6) is 1.15. The van der Waals surface area contributed by atoms with Crippen molar-refractivity contribution in [2.45, 2.75) is 20.2 Å². The van der Waals surface area contributed by atoms with Crippen LogP contribution in [0.5, 0.6) is 0 Å². The van der Waals surface area contributed by atoms with Gasteiger partial charge in [-0.15, -0.1) is 0 Å². The van der Waals surface area contributed by atoms with Crippen LogP contribution >= 0.6 is 0 Å². The number of rotatable bonds is 1. The molecular formula is C5H11N3O. The van der Waals surface area contributed by atoms with Gasteiger partial charge in [0.1, 0.15) is 5.84 Å². The van der Waals surface area contributed by atoms with Gasteiger partial charge in [-0.05, 0) is 0 Å². The number of nitrogens with zero attached hydrogens (tertiary/aromatic N) is 1. The van der Waals surface area contributed by atoms with E-state index in [4.69, 9.17) is 5.11 Å². The standard InChI is InChI=1S/C5H11N3O/c1-3(2)4-6-5(9)8-7-4/h3,5,8-9H,1-2H3,(H,6,7). The minimum absolute atomic E-state index is 0.342. The Hall–Kier alpha value is -0.610. The highest BCUT2D eigenvalue weighted by atomic mass is 16.3. The first-order valence-electron chi connectivity index (χ1n) is 2.97. The summed E-state index contributed by atoms with van der Waals surface area (Å²) in [4.78, 5) is 3.84. The smallest absolute Gasteiger partial charge is 0.220 e. The van der Waals surface area contributed by atoms with Gasteiger partial charge in [0.05, 0.1) is 0 Å². The van der Waals surface area contributed by atoms with Crippen molar-refractivity contribution in [3.05, 3.63) is 0 Å².